The van der Waals surface area contributed by atoms with Gasteiger partial charge in [0.25, 0.3) is 0 Å². The normalized spacial score (nSPS) is 25.3. The number of amides is 2. The van der Waals surface area contributed by atoms with Crippen LogP contribution in [0.1, 0.15) is 36.5 Å². The van der Waals surface area contributed by atoms with Crippen LogP contribution in [0.5, 0.6) is 0 Å². The molecule has 0 saturated carbocycles. The lowest BCUT2D eigenvalue weighted by molar-refractivity contribution is -0.122. The number of anilines is 1. The Hall–Kier alpha value is -1.88. The van der Waals surface area contributed by atoms with Crippen molar-refractivity contribution in [2.45, 2.75) is 26.3 Å². The molecule has 1 saturated heterocycles. The van der Waals surface area contributed by atoms with Gasteiger partial charge in [-0.1, -0.05) is 55.2 Å². The van der Waals surface area contributed by atoms with Gasteiger partial charge in [-0.2, -0.15) is 0 Å². The van der Waals surface area contributed by atoms with Crippen molar-refractivity contribution in [1.29, 1.82) is 0 Å². The number of rotatable bonds is 2. The second-order valence-corrected chi connectivity index (χ2v) is 8.70. The Morgan fingerprint density at radius 1 is 0.964 bits per heavy atom. The van der Waals surface area contributed by atoms with Gasteiger partial charge in [0.1, 0.15) is 0 Å². The summed E-state index contributed by atoms with van der Waals surface area (Å²) >= 11 is 12.8. The number of carbonyl (C=O) groups is 2. The van der Waals surface area contributed by atoms with Crippen LogP contribution >= 0.6 is 23.2 Å². The number of benzene rings is 2. The van der Waals surface area contributed by atoms with Crippen LogP contribution in [0, 0.1) is 11.8 Å². The summed E-state index contributed by atoms with van der Waals surface area (Å²) < 4.78 is 0. The molecule has 4 nitrogen and oxygen atoms in total. The van der Waals surface area contributed by atoms with E-state index in [0.29, 0.717) is 15.7 Å². The van der Waals surface area contributed by atoms with E-state index in [9.17, 15) is 9.59 Å². The Kier molecular flexibility index (Phi) is 4.98. The Morgan fingerprint density at radius 2 is 1.61 bits per heavy atom. The molecule has 28 heavy (non-hydrogen) atoms. The number of nitrogens with zero attached hydrogens (tertiary/aromatic N) is 2. The third kappa shape index (κ3) is 3.04. The van der Waals surface area contributed by atoms with Gasteiger partial charge in [0.05, 0.1) is 5.69 Å². The fourth-order valence-corrected chi connectivity index (χ4v) is 4.85. The molecular weight excluding hydrogens is 395 g/mol. The van der Waals surface area contributed by atoms with E-state index < -0.39 is 0 Å². The molecule has 0 radical (unpaired) electrons. The zero-order chi connectivity index (χ0) is 20.2. The van der Waals surface area contributed by atoms with Crippen LogP contribution in [0.4, 0.5) is 5.69 Å². The van der Waals surface area contributed by atoms with Crippen molar-refractivity contribution in [2.24, 2.45) is 11.8 Å². The molecular formula is C22H22Cl2N2O2. The lowest BCUT2D eigenvalue weighted by atomic mass is 9.83. The summed E-state index contributed by atoms with van der Waals surface area (Å²) in [6.07, 6.45) is 0. The van der Waals surface area contributed by atoms with Crippen LogP contribution < -0.4 is 4.90 Å². The molecule has 2 aliphatic heterocycles. The van der Waals surface area contributed by atoms with Gasteiger partial charge in [-0.15, -0.1) is 0 Å². The van der Waals surface area contributed by atoms with E-state index in [1.54, 1.807) is 6.07 Å². The summed E-state index contributed by atoms with van der Waals surface area (Å²) in [7, 11) is 2.04. The monoisotopic (exact) mass is 416 g/mol. The number of hydrogen-bond acceptors (Lipinski definition) is 3. The molecule has 3 atom stereocenters. The zero-order valence-corrected chi connectivity index (χ0v) is 17.6. The lowest BCUT2D eigenvalue weighted by Crippen LogP contribution is -2.35. The summed E-state index contributed by atoms with van der Waals surface area (Å²) in [4.78, 5) is 29.2. The van der Waals surface area contributed by atoms with Crippen LogP contribution in [0.3, 0.4) is 0 Å². The zero-order valence-electron chi connectivity index (χ0n) is 16.1. The van der Waals surface area contributed by atoms with Gasteiger partial charge in [-0.05, 0) is 41.9 Å². The van der Waals surface area contributed by atoms with Gasteiger partial charge in [0, 0.05) is 40.9 Å². The number of fused-ring (bicyclic) bond motifs is 1. The number of hydrogen-bond donors (Lipinski definition) is 0. The first-order valence-electron chi connectivity index (χ1n) is 9.42. The molecule has 1 fully saturated rings. The first-order chi connectivity index (χ1) is 13.3. The maximum Gasteiger partial charge on any atom is 0.237 e. The predicted molar refractivity (Wildman–Crippen MR) is 112 cm³/mol. The molecule has 0 unspecified atom stereocenters. The molecule has 2 aliphatic rings. The molecule has 0 bridgehead atoms. The average molecular weight is 417 g/mol. The molecule has 2 aromatic carbocycles. The molecule has 0 aliphatic carbocycles. The van der Waals surface area contributed by atoms with Gasteiger partial charge in [0.15, 0.2) is 0 Å². The van der Waals surface area contributed by atoms with E-state index in [0.717, 1.165) is 29.8 Å². The minimum Gasteiger partial charge on any atom is -0.301 e. The summed E-state index contributed by atoms with van der Waals surface area (Å²) in [5, 5.41) is 1.23. The Balaban J connectivity index is 1.87. The highest BCUT2D eigenvalue weighted by Gasteiger charge is 2.44. The molecule has 0 aromatic heterocycles. The highest BCUT2D eigenvalue weighted by molar-refractivity contribution is 6.35. The fraction of sp³-hybridized carbons (Fsp3) is 0.364. The molecule has 2 heterocycles. The van der Waals surface area contributed by atoms with E-state index >= 15 is 0 Å². The SMILES string of the molecule is C[C@@H]1C(=O)N(c2ccccc2[C@@H]2CN(C)Cc3c(Cl)cc(Cl)cc32)C(=O)[C@@H]1C. The van der Waals surface area contributed by atoms with E-state index in [1.807, 2.05) is 51.2 Å². The Labute approximate surface area is 175 Å². The predicted octanol–water partition coefficient (Wildman–Crippen LogP) is 4.72. The van der Waals surface area contributed by atoms with Crippen molar-refractivity contribution in [3.63, 3.8) is 0 Å². The van der Waals surface area contributed by atoms with Gasteiger partial charge in [0.2, 0.25) is 11.8 Å². The van der Waals surface area contributed by atoms with Crippen LogP contribution in [-0.4, -0.2) is 30.3 Å². The third-order valence-corrected chi connectivity index (χ3v) is 6.57. The molecule has 0 spiro atoms. The van der Waals surface area contributed by atoms with Gasteiger partial charge in [-0.3, -0.25) is 9.59 Å². The number of imide groups is 1. The van der Waals surface area contributed by atoms with Crippen LogP contribution in [-0.2, 0) is 16.1 Å². The van der Waals surface area contributed by atoms with E-state index in [-0.39, 0.29) is 29.6 Å². The van der Waals surface area contributed by atoms with Gasteiger partial charge < -0.3 is 4.90 Å². The molecule has 2 amide bonds. The largest absolute Gasteiger partial charge is 0.301 e. The van der Waals surface area contributed by atoms with Gasteiger partial charge >= 0.3 is 0 Å². The van der Waals surface area contributed by atoms with Crippen molar-refractivity contribution in [1.82, 2.24) is 4.90 Å². The Bertz CT molecular complexity index is 955. The van der Waals surface area contributed by atoms with Crippen molar-refractivity contribution < 1.29 is 9.59 Å². The maximum absolute atomic E-state index is 12.8. The van der Waals surface area contributed by atoms with E-state index in [4.69, 9.17) is 23.2 Å². The third-order valence-electron chi connectivity index (χ3n) is 6.02. The summed E-state index contributed by atoms with van der Waals surface area (Å²) in [6, 6.07) is 11.4. The van der Waals surface area contributed by atoms with Crippen LogP contribution in [0.2, 0.25) is 10.0 Å². The summed E-state index contributed by atoms with van der Waals surface area (Å²) in [5.41, 5.74) is 3.70. The number of carbonyl (C=O) groups excluding carboxylic acids is 2. The lowest BCUT2D eigenvalue weighted by Gasteiger charge is -2.35. The van der Waals surface area contributed by atoms with Crippen molar-refractivity contribution in [2.75, 3.05) is 18.5 Å². The minimum atomic E-state index is -0.314. The Morgan fingerprint density at radius 3 is 2.29 bits per heavy atom. The molecule has 146 valence electrons. The molecule has 4 rings (SSSR count). The second-order valence-electron chi connectivity index (χ2n) is 7.85. The summed E-state index contributed by atoms with van der Waals surface area (Å²) in [6.45, 7) is 5.12. The molecule has 0 N–H and O–H groups in total. The van der Waals surface area contributed by atoms with E-state index in [1.165, 1.54) is 4.90 Å². The first kappa shape index (κ1) is 19.4. The minimum absolute atomic E-state index is 0.0343. The maximum atomic E-state index is 12.8. The van der Waals surface area contributed by atoms with E-state index in [2.05, 4.69) is 4.90 Å². The van der Waals surface area contributed by atoms with Crippen molar-refractivity contribution in [3.8, 4) is 0 Å². The van der Waals surface area contributed by atoms with Crippen LogP contribution in [0.15, 0.2) is 36.4 Å². The number of halogens is 2. The molecule has 2 aromatic rings. The highest BCUT2D eigenvalue weighted by atomic mass is 35.5. The second kappa shape index (κ2) is 7.18. The molecule has 6 heteroatoms. The smallest absolute Gasteiger partial charge is 0.237 e. The fourth-order valence-electron chi connectivity index (χ4n) is 4.28. The van der Waals surface area contributed by atoms with Crippen molar-refractivity contribution >= 4 is 40.7 Å². The van der Waals surface area contributed by atoms with Gasteiger partial charge in [-0.25, -0.2) is 4.90 Å². The van der Waals surface area contributed by atoms with Crippen LogP contribution in [0.25, 0.3) is 0 Å². The standard InChI is InChI=1S/C22H22Cl2N2O2/c1-12-13(2)22(28)26(21(12)27)20-7-5-4-6-15(20)17-10-25(3)11-18-16(17)8-14(23)9-19(18)24/h4-9,12-13,17H,10-11H2,1-3H3/t12-,13+,17-/m0/s1. The highest BCUT2D eigenvalue weighted by Crippen LogP contribution is 2.42. The number of para-hydroxylation sites is 1. The van der Waals surface area contributed by atoms with Crippen molar-refractivity contribution in [3.05, 3.63) is 63.1 Å². The average Bonchev–Trinajstić information content (AvgIpc) is 2.85. The number of likely N-dealkylation sites (N-methyl/N-ethyl adjacent to an activating group) is 1. The first-order valence-corrected chi connectivity index (χ1v) is 10.2. The summed E-state index contributed by atoms with van der Waals surface area (Å²) in [5.74, 6) is -0.943. The quantitative estimate of drug-likeness (QED) is 0.665. The topological polar surface area (TPSA) is 40.6 Å².